The number of nitrogens with two attached hydrogens (primary N) is 1. The maximum Gasteiger partial charge on any atom is 0.191 e. The van der Waals surface area contributed by atoms with Gasteiger partial charge >= 0.3 is 0 Å². The van der Waals surface area contributed by atoms with E-state index in [1.165, 1.54) is 38.5 Å². The van der Waals surface area contributed by atoms with Crippen LogP contribution in [0.3, 0.4) is 0 Å². The molecule has 2 fully saturated rings. The van der Waals surface area contributed by atoms with Crippen LogP contribution in [-0.4, -0.2) is 30.0 Å². The number of aliphatic imine (C=N–C) groups is 1. The fourth-order valence-electron chi connectivity index (χ4n) is 2.92. The molecule has 3 heteroatoms. The molecule has 0 bridgehead atoms. The largest absolute Gasteiger partial charge is 0.370 e. The van der Waals surface area contributed by atoms with Gasteiger partial charge in [0.25, 0.3) is 0 Å². The van der Waals surface area contributed by atoms with Gasteiger partial charge in [0.1, 0.15) is 0 Å². The summed E-state index contributed by atoms with van der Waals surface area (Å²) in [7, 11) is 0. The topological polar surface area (TPSA) is 41.6 Å². The number of piperidine rings is 1. The third-order valence-corrected chi connectivity index (χ3v) is 3.86. The molecule has 3 nitrogen and oxygen atoms in total. The van der Waals surface area contributed by atoms with Gasteiger partial charge in [-0.05, 0) is 31.1 Å². The number of hydrogen-bond donors (Lipinski definition) is 1. The van der Waals surface area contributed by atoms with Crippen molar-refractivity contribution in [1.29, 1.82) is 0 Å². The average Bonchev–Trinajstić information content (AvgIpc) is 2.69. The van der Waals surface area contributed by atoms with E-state index in [0.717, 1.165) is 19.0 Å². The molecule has 2 rings (SSSR count). The quantitative estimate of drug-likeness (QED) is 0.548. The van der Waals surface area contributed by atoms with Crippen molar-refractivity contribution in [3.05, 3.63) is 0 Å². The summed E-state index contributed by atoms with van der Waals surface area (Å²) in [4.78, 5) is 6.97. The summed E-state index contributed by atoms with van der Waals surface area (Å²) >= 11 is 0. The summed E-state index contributed by atoms with van der Waals surface area (Å²) in [6, 6.07) is 0.505. The molecule has 0 amide bonds. The predicted molar refractivity (Wildman–Crippen MR) is 68.5 cm³/mol. The third-order valence-electron chi connectivity index (χ3n) is 3.86. The Morgan fingerprint density at radius 3 is 2.56 bits per heavy atom. The lowest BCUT2D eigenvalue weighted by molar-refractivity contribution is 0.176. The molecule has 0 unspecified atom stereocenters. The van der Waals surface area contributed by atoms with Gasteiger partial charge in [-0.1, -0.05) is 26.7 Å². The fourth-order valence-corrected chi connectivity index (χ4v) is 2.92. The number of likely N-dealkylation sites (tertiary alicyclic amines) is 1. The first kappa shape index (κ1) is 11.7. The van der Waals surface area contributed by atoms with Crippen LogP contribution in [0.5, 0.6) is 0 Å². The second kappa shape index (κ2) is 4.64. The minimum absolute atomic E-state index is 0.397. The average molecular weight is 223 g/mol. The molecule has 16 heavy (non-hydrogen) atoms. The molecule has 0 atom stereocenters. The van der Waals surface area contributed by atoms with E-state index in [4.69, 9.17) is 5.73 Å². The SMILES string of the molecule is CC1(C)CCCN(C(N)=NC2CCCC2)C1. The van der Waals surface area contributed by atoms with Crippen molar-refractivity contribution in [3.8, 4) is 0 Å². The van der Waals surface area contributed by atoms with Crippen molar-refractivity contribution in [1.82, 2.24) is 4.90 Å². The predicted octanol–water partition coefficient (Wildman–Crippen LogP) is 2.37. The molecule has 1 aliphatic carbocycles. The van der Waals surface area contributed by atoms with E-state index in [2.05, 4.69) is 23.7 Å². The second-order valence-corrected chi connectivity index (χ2v) is 6.11. The van der Waals surface area contributed by atoms with Crippen molar-refractivity contribution in [2.45, 2.75) is 58.4 Å². The number of hydrogen-bond acceptors (Lipinski definition) is 1. The summed E-state index contributed by atoms with van der Waals surface area (Å²) < 4.78 is 0. The van der Waals surface area contributed by atoms with Crippen LogP contribution in [0, 0.1) is 5.41 Å². The molecule has 1 aliphatic heterocycles. The summed E-state index contributed by atoms with van der Waals surface area (Å²) in [6.07, 6.45) is 7.67. The van der Waals surface area contributed by atoms with Crippen LogP contribution < -0.4 is 5.73 Å². The van der Waals surface area contributed by atoms with Gasteiger partial charge in [0.05, 0.1) is 6.04 Å². The Kier molecular flexibility index (Phi) is 3.41. The van der Waals surface area contributed by atoms with Crippen LogP contribution in [-0.2, 0) is 0 Å². The smallest absolute Gasteiger partial charge is 0.191 e. The van der Waals surface area contributed by atoms with Gasteiger partial charge < -0.3 is 10.6 Å². The van der Waals surface area contributed by atoms with Crippen molar-refractivity contribution in [2.24, 2.45) is 16.1 Å². The third kappa shape index (κ3) is 2.89. The number of rotatable bonds is 1. The zero-order valence-corrected chi connectivity index (χ0v) is 10.7. The molecule has 1 heterocycles. The number of nitrogens with zero attached hydrogens (tertiary/aromatic N) is 2. The Morgan fingerprint density at radius 2 is 1.94 bits per heavy atom. The highest BCUT2D eigenvalue weighted by Gasteiger charge is 2.27. The van der Waals surface area contributed by atoms with E-state index in [9.17, 15) is 0 Å². The minimum atomic E-state index is 0.397. The highest BCUT2D eigenvalue weighted by molar-refractivity contribution is 5.78. The van der Waals surface area contributed by atoms with Gasteiger partial charge in [-0.25, -0.2) is 4.99 Å². The van der Waals surface area contributed by atoms with E-state index in [1.807, 2.05) is 0 Å². The van der Waals surface area contributed by atoms with Crippen molar-refractivity contribution >= 4 is 5.96 Å². The van der Waals surface area contributed by atoms with Crippen LogP contribution in [0.15, 0.2) is 4.99 Å². The standard InChI is InChI=1S/C13H25N3/c1-13(2)8-5-9-16(10-13)12(14)15-11-6-3-4-7-11/h11H,3-10H2,1-2H3,(H2,14,15). The van der Waals surface area contributed by atoms with Gasteiger partial charge in [-0.2, -0.15) is 0 Å². The summed E-state index contributed by atoms with van der Waals surface area (Å²) in [5.41, 5.74) is 6.52. The maximum atomic E-state index is 6.13. The van der Waals surface area contributed by atoms with Crippen LogP contribution in [0.1, 0.15) is 52.4 Å². The Morgan fingerprint density at radius 1 is 1.25 bits per heavy atom. The molecular formula is C13H25N3. The monoisotopic (exact) mass is 223 g/mol. The molecule has 92 valence electrons. The van der Waals surface area contributed by atoms with Crippen LogP contribution in [0.25, 0.3) is 0 Å². The summed E-state index contributed by atoms with van der Waals surface area (Å²) in [6.45, 7) is 6.80. The number of guanidine groups is 1. The Labute approximate surface area is 99.1 Å². The van der Waals surface area contributed by atoms with E-state index >= 15 is 0 Å². The zero-order valence-electron chi connectivity index (χ0n) is 10.7. The Bertz CT molecular complexity index is 264. The van der Waals surface area contributed by atoms with Gasteiger partial charge in [0.2, 0.25) is 0 Å². The first-order valence-corrected chi connectivity index (χ1v) is 6.65. The van der Waals surface area contributed by atoms with Gasteiger partial charge in [-0.15, -0.1) is 0 Å². The van der Waals surface area contributed by atoms with E-state index < -0.39 is 0 Å². The minimum Gasteiger partial charge on any atom is -0.370 e. The highest BCUT2D eigenvalue weighted by atomic mass is 15.3. The molecule has 0 aromatic rings. The molecule has 1 saturated heterocycles. The van der Waals surface area contributed by atoms with E-state index in [1.54, 1.807) is 0 Å². The first-order chi connectivity index (χ1) is 7.57. The fraction of sp³-hybridized carbons (Fsp3) is 0.923. The molecule has 2 aliphatic rings. The lowest BCUT2D eigenvalue weighted by Gasteiger charge is -2.38. The normalized spacial score (nSPS) is 27.4. The van der Waals surface area contributed by atoms with Crippen molar-refractivity contribution in [3.63, 3.8) is 0 Å². The van der Waals surface area contributed by atoms with E-state index in [0.29, 0.717) is 11.5 Å². The molecule has 1 saturated carbocycles. The van der Waals surface area contributed by atoms with Crippen molar-refractivity contribution < 1.29 is 0 Å². The Hall–Kier alpha value is -0.730. The molecular weight excluding hydrogens is 198 g/mol. The van der Waals surface area contributed by atoms with Crippen LogP contribution >= 0.6 is 0 Å². The molecule has 0 aromatic carbocycles. The molecule has 0 spiro atoms. The molecule has 2 N–H and O–H groups in total. The van der Waals surface area contributed by atoms with Crippen molar-refractivity contribution in [2.75, 3.05) is 13.1 Å². The second-order valence-electron chi connectivity index (χ2n) is 6.11. The maximum absolute atomic E-state index is 6.13. The summed E-state index contributed by atoms with van der Waals surface area (Å²) in [5.74, 6) is 0.791. The Balaban J connectivity index is 1.95. The molecule has 0 aromatic heterocycles. The van der Waals surface area contributed by atoms with Gasteiger partial charge in [-0.3, -0.25) is 0 Å². The lowest BCUT2D eigenvalue weighted by Crippen LogP contribution is -2.47. The van der Waals surface area contributed by atoms with Gasteiger partial charge in [0, 0.05) is 13.1 Å². The van der Waals surface area contributed by atoms with Crippen LogP contribution in [0.2, 0.25) is 0 Å². The molecule has 0 radical (unpaired) electrons. The summed E-state index contributed by atoms with van der Waals surface area (Å²) in [5, 5.41) is 0. The highest BCUT2D eigenvalue weighted by Crippen LogP contribution is 2.28. The lowest BCUT2D eigenvalue weighted by atomic mass is 9.84. The first-order valence-electron chi connectivity index (χ1n) is 6.65. The van der Waals surface area contributed by atoms with Gasteiger partial charge in [0.15, 0.2) is 5.96 Å². The zero-order chi connectivity index (χ0) is 11.6. The van der Waals surface area contributed by atoms with Crippen LogP contribution in [0.4, 0.5) is 0 Å². The van der Waals surface area contributed by atoms with E-state index in [-0.39, 0.29) is 0 Å².